The van der Waals surface area contributed by atoms with Gasteiger partial charge in [0.25, 0.3) is 0 Å². The van der Waals surface area contributed by atoms with E-state index in [9.17, 15) is 0 Å². The Kier molecular flexibility index (Phi) is 5.75. The van der Waals surface area contributed by atoms with Gasteiger partial charge in [-0.2, -0.15) is 0 Å². The van der Waals surface area contributed by atoms with Crippen molar-refractivity contribution in [1.82, 2.24) is 0 Å². The first-order valence-electron chi connectivity index (χ1n) is 14.4. The molecule has 0 aromatic heterocycles. The first kappa shape index (κ1) is 24.4. The number of para-hydroxylation sites is 1. The predicted molar refractivity (Wildman–Crippen MR) is 173 cm³/mol. The van der Waals surface area contributed by atoms with Crippen LogP contribution < -0.4 is 4.74 Å². The second-order valence-corrected chi connectivity index (χ2v) is 10.9. The Hall–Kier alpha value is -5.40. The van der Waals surface area contributed by atoms with Crippen LogP contribution in [-0.2, 0) is 5.41 Å². The highest BCUT2D eigenvalue weighted by Gasteiger charge is 2.45. The minimum Gasteiger partial charge on any atom is -0.457 e. The highest BCUT2D eigenvalue weighted by atomic mass is 16.5. The smallest absolute Gasteiger partial charge is 0.132 e. The van der Waals surface area contributed by atoms with Crippen molar-refractivity contribution >= 4 is 10.8 Å². The normalized spacial score (nSPS) is 13.1. The lowest BCUT2D eigenvalue weighted by molar-refractivity contribution is 0.435. The molecule has 7 aromatic rings. The summed E-state index contributed by atoms with van der Waals surface area (Å²) >= 11 is 0. The number of hydrogen-bond donors (Lipinski definition) is 0. The maximum Gasteiger partial charge on any atom is 0.132 e. The molecular formula is C41H28O. The Bertz CT molecular complexity index is 2010. The van der Waals surface area contributed by atoms with Crippen LogP contribution in [0.25, 0.3) is 33.0 Å². The molecule has 42 heavy (non-hydrogen) atoms. The molecule has 198 valence electrons. The van der Waals surface area contributed by atoms with Crippen LogP contribution in [0.15, 0.2) is 170 Å². The van der Waals surface area contributed by atoms with Crippen molar-refractivity contribution < 1.29 is 4.74 Å². The van der Waals surface area contributed by atoms with E-state index in [0.29, 0.717) is 0 Å². The molecule has 0 fully saturated rings. The molecule has 7 aromatic carbocycles. The molecule has 0 radical (unpaired) electrons. The Morgan fingerprint density at radius 2 is 0.976 bits per heavy atom. The summed E-state index contributed by atoms with van der Waals surface area (Å²) in [5.74, 6) is 1.77. The molecule has 0 unspecified atom stereocenters. The summed E-state index contributed by atoms with van der Waals surface area (Å²) in [5, 5.41) is 2.51. The van der Waals surface area contributed by atoms with Crippen LogP contribution in [0.1, 0.15) is 22.3 Å². The van der Waals surface area contributed by atoms with Crippen molar-refractivity contribution in [2.45, 2.75) is 5.41 Å². The highest BCUT2D eigenvalue weighted by Crippen LogP contribution is 2.55. The minimum atomic E-state index is -0.504. The molecule has 1 heteroatoms. The monoisotopic (exact) mass is 536 g/mol. The number of hydrogen-bond acceptors (Lipinski definition) is 1. The Balaban J connectivity index is 1.33. The third kappa shape index (κ3) is 3.78. The van der Waals surface area contributed by atoms with E-state index >= 15 is 0 Å². The predicted octanol–water partition coefficient (Wildman–Crippen LogP) is 10.7. The summed E-state index contributed by atoms with van der Waals surface area (Å²) in [6.45, 7) is 0. The zero-order chi connectivity index (χ0) is 27.9. The zero-order valence-electron chi connectivity index (χ0n) is 23.1. The number of fused-ring (bicyclic) bond motifs is 3. The van der Waals surface area contributed by atoms with Crippen molar-refractivity contribution in [3.05, 3.63) is 192 Å². The summed E-state index contributed by atoms with van der Waals surface area (Å²) in [4.78, 5) is 0. The van der Waals surface area contributed by atoms with Crippen molar-refractivity contribution in [1.29, 1.82) is 0 Å². The van der Waals surface area contributed by atoms with Crippen LogP contribution in [-0.4, -0.2) is 0 Å². The highest BCUT2D eigenvalue weighted by molar-refractivity contribution is 5.97. The van der Waals surface area contributed by atoms with Gasteiger partial charge < -0.3 is 4.74 Å². The molecule has 0 N–H and O–H groups in total. The number of rotatable bonds is 4. The fraction of sp³-hybridized carbons (Fsp3) is 0.0244. The molecular weight excluding hydrogens is 508 g/mol. The van der Waals surface area contributed by atoms with Crippen LogP contribution in [0, 0.1) is 0 Å². The molecule has 0 spiro atoms. The van der Waals surface area contributed by atoms with Gasteiger partial charge in [-0.3, -0.25) is 0 Å². The van der Waals surface area contributed by atoms with E-state index in [-0.39, 0.29) is 0 Å². The molecule has 8 rings (SSSR count). The van der Waals surface area contributed by atoms with Crippen LogP contribution in [0.4, 0.5) is 0 Å². The standard InChI is InChI=1S/C41H28O/c1-3-17-33(18-4-1)41(34-19-5-2-6-20-34)37-23-9-10-24-39(37)42-40-28-31(25-26-38(40)41)30-15-11-16-32(27-30)36-22-12-14-29-13-7-8-21-35(29)36/h1-28H. The van der Waals surface area contributed by atoms with E-state index in [1.807, 2.05) is 0 Å². The fourth-order valence-corrected chi connectivity index (χ4v) is 6.73. The van der Waals surface area contributed by atoms with Crippen LogP contribution in [0.5, 0.6) is 11.5 Å². The quantitative estimate of drug-likeness (QED) is 0.217. The van der Waals surface area contributed by atoms with Crippen molar-refractivity contribution in [2.75, 3.05) is 0 Å². The van der Waals surface area contributed by atoms with E-state index in [1.54, 1.807) is 0 Å². The average molecular weight is 537 g/mol. The Labute approximate surface area is 246 Å². The van der Waals surface area contributed by atoms with Gasteiger partial charge in [0.15, 0.2) is 0 Å². The third-order valence-corrected chi connectivity index (χ3v) is 8.61. The molecule has 1 aliphatic heterocycles. The van der Waals surface area contributed by atoms with Crippen molar-refractivity contribution in [3.8, 4) is 33.8 Å². The maximum atomic E-state index is 6.71. The molecule has 0 bridgehead atoms. The minimum absolute atomic E-state index is 0.504. The SMILES string of the molecule is c1ccc(C2(c3ccccc3)c3ccccc3Oc3cc(-c4cccc(-c5cccc6ccccc56)c4)ccc32)cc1. The number of ether oxygens (including phenoxy) is 1. The van der Waals surface area contributed by atoms with E-state index in [4.69, 9.17) is 4.74 Å². The van der Waals surface area contributed by atoms with E-state index < -0.39 is 5.41 Å². The van der Waals surface area contributed by atoms with Crippen molar-refractivity contribution in [3.63, 3.8) is 0 Å². The van der Waals surface area contributed by atoms with Gasteiger partial charge in [-0.25, -0.2) is 0 Å². The fourth-order valence-electron chi connectivity index (χ4n) is 6.73. The van der Waals surface area contributed by atoms with E-state index in [0.717, 1.165) is 33.8 Å². The first-order valence-corrected chi connectivity index (χ1v) is 14.4. The summed E-state index contributed by atoms with van der Waals surface area (Å²) in [7, 11) is 0. The summed E-state index contributed by atoms with van der Waals surface area (Å²) in [6.07, 6.45) is 0. The largest absolute Gasteiger partial charge is 0.457 e. The van der Waals surface area contributed by atoms with Gasteiger partial charge in [0.1, 0.15) is 11.5 Å². The maximum absolute atomic E-state index is 6.71. The topological polar surface area (TPSA) is 9.23 Å². The summed E-state index contributed by atoms with van der Waals surface area (Å²) in [5.41, 5.74) is 8.98. The second kappa shape index (κ2) is 9.90. The molecule has 0 aliphatic carbocycles. The molecule has 0 atom stereocenters. The van der Waals surface area contributed by atoms with Crippen LogP contribution in [0.2, 0.25) is 0 Å². The molecule has 0 amide bonds. The Morgan fingerprint density at radius 3 is 1.79 bits per heavy atom. The molecule has 1 heterocycles. The van der Waals surface area contributed by atoms with Gasteiger partial charge >= 0.3 is 0 Å². The second-order valence-electron chi connectivity index (χ2n) is 10.9. The number of benzene rings is 7. The van der Waals surface area contributed by atoms with E-state index in [1.165, 1.54) is 33.0 Å². The van der Waals surface area contributed by atoms with E-state index in [2.05, 4.69) is 170 Å². The Morgan fingerprint density at radius 1 is 0.381 bits per heavy atom. The van der Waals surface area contributed by atoms with Crippen molar-refractivity contribution in [2.24, 2.45) is 0 Å². The van der Waals surface area contributed by atoms with Gasteiger partial charge in [0, 0.05) is 11.1 Å². The van der Waals surface area contributed by atoms with Gasteiger partial charge in [0.2, 0.25) is 0 Å². The van der Waals surface area contributed by atoms with Gasteiger partial charge in [-0.15, -0.1) is 0 Å². The summed E-state index contributed by atoms with van der Waals surface area (Å²) in [6, 6.07) is 60.8. The molecule has 1 aliphatic rings. The lowest BCUT2D eigenvalue weighted by Crippen LogP contribution is -2.34. The first-order chi connectivity index (χ1) is 20.8. The third-order valence-electron chi connectivity index (χ3n) is 8.61. The lowest BCUT2D eigenvalue weighted by Gasteiger charge is -2.41. The average Bonchev–Trinajstić information content (AvgIpc) is 3.07. The zero-order valence-corrected chi connectivity index (χ0v) is 23.1. The summed E-state index contributed by atoms with van der Waals surface area (Å²) < 4.78 is 6.71. The lowest BCUT2D eigenvalue weighted by atomic mass is 9.63. The van der Waals surface area contributed by atoms with Crippen LogP contribution >= 0.6 is 0 Å². The molecule has 0 saturated carbocycles. The molecule has 1 nitrogen and oxygen atoms in total. The molecule has 0 saturated heterocycles. The van der Waals surface area contributed by atoms with Gasteiger partial charge in [0.05, 0.1) is 5.41 Å². The van der Waals surface area contributed by atoms with Gasteiger partial charge in [-0.05, 0) is 62.4 Å². The van der Waals surface area contributed by atoms with Crippen LogP contribution in [0.3, 0.4) is 0 Å². The van der Waals surface area contributed by atoms with Gasteiger partial charge in [-0.1, -0.05) is 152 Å².